The van der Waals surface area contributed by atoms with Gasteiger partial charge in [-0.05, 0) is 32.5 Å². The molecule has 0 aliphatic carbocycles. The minimum atomic E-state index is -0.879. The van der Waals surface area contributed by atoms with Gasteiger partial charge < -0.3 is 24.8 Å². The third kappa shape index (κ3) is 7.84. The van der Waals surface area contributed by atoms with E-state index in [1.54, 1.807) is 16.8 Å². The van der Waals surface area contributed by atoms with Crippen LogP contribution >= 0.6 is 0 Å². The third-order valence-corrected chi connectivity index (χ3v) is 4.23. The molecule has 1 atom stereocenters. The predicted molar refractivity (Wildman–Crippen MR) is 101 cm³/mol. The highest BCUT2D eigenvalue weighted by molar-refractivity contribution is 5.74. The largest absolute Gasteiger partial charge is 0.494 e. The highest BCUT2D eigenvalue weighted by Gasteiger charge is 2.25. The van der Waals surface area contributed by atoms with Crippen molar-refractivity contribution in [3.05, 3.63) is 29.8 Å². The van der Waals surface area contributed by atoms with Crippen LogP contribution in [-0.4, -0.2) is 86.0 Å². The maximum atomic E-state index is 12.3. The number of carboxylic acids is 1. The van der Waals surface area contributed by atoms with Crippen molar-refractivity contribution in [2.24, 2.45) is 0 Å². The van der Waals surface area contributed by atoms with Gasteiger partial charge in [0.2, 0.25) is 0 Å². The topological polar surface area (TPSA) is 91.3 Å². The van der Waals surface area contributed by atoms with Crippen molar-refractivity contribution in [3.63, 3.8) is 0 Å². The number of nitrogens with zero attached hydrogens (tertiary/aromatic N) is 2. The van der Waals surface area contributed by atoms with Crippen LogP contribution in [-0.2, 0) is 9.53 Å². The molecular weight excluding hydrogens is 350 g/mol. The lowest BCUT2D eigenvalue weighted by Gasteiger charge is -2.34. The summed E-state index contributed by atoms with van der Waals surface area (Å²) in [5.74, 6) is -0.0517. The average Bonchev–Trinajstić information content (AvgIpc) is 2.62. The first-order valence-electron chi connectivity index (χ1n) is 9.18. The van der Waals surface area contributed by atoms with Crippen molar-refractivity contribution in [2.45, 2.75) is 19.4 Å². The zero-order valence-electron chi connectivity index (χ0n) is 16.0. The lowest BCUT2D eigenvalue weighted by Crippen LogP contribution is -2.52. The molecule has 0 radical (unpaired) electrons. The van der Waals surface area contributed by atoms with E-state index in [9.17, 15) is 9.59 Å². The molecule has 1 saturated heterocycles. The standard InChI is InChI=1S/C19H29N3O5/c1-15-4-6-16(7-5-15)26-10-3-8-20-19(25)22-9-11-27-17(13-22)12-21(2)14-18(23)24/h4-7,17H,3,8-14H2,1-2H3,(H,20,25)(H,23,24). The van der Waals surface area contributed by atoms with Gasteiger partial charge in [0.1, 0.15) is 5.75 Å². The number of hydrogen-bond acceptors (Lipinski definition) is 5. The maximum Gasteiger partial charge on any atom is 0.317 e. The van der Waals surface area contributed by atoms with Crippen molar-refractivity contribution < 1.29 is 24.2 Å². The average molecular weight is 379 g/mol. The molecule has 1 fully saturated rings. The summed E-state index contributed by atoms with van der Waals surface area (Å²) in [5, 5.41) is 11.7. The molecule has 1 aromatic rings. The van der Waals surface area contributed by atoms with Crippen molar-refractivity contribution in [3.8, 4) is 5.75 Å². The molecule has 150 valence electrons. The summed E-state index contributed by atoms with van der Waals surface area (Å²) in [6, 6.07) is 7.74. The lowest BCUT2D eigenvalue weighted by molar-refractivity contribution is -0.138. The van der Waals surface area contributed by atoms with E-state index in [1.807, 2.05) is 31.2 Å². The molecule has 0 aromatic heterocycles. The summed E-state index contributed by atoms with van der Waals surface area (Å²) in [7, 11) is 1.73. The molecular formula is C19H29N3O5. The number of urea groups is 1. The van der Waals surface area contributed by atoms with Gasteiger partial charge in [-0.2, -0.15) is 0 Å². The quantitative estimate of drug-likeness (QED) is 0.627. The number of morpholine rings is 1. The fraction of sp³-hybridized carbons (Fsp3) is 0.579. The molecule has 1 heterocycles. The summed E-state index contributed by atoms with van der Waals surface area (Å²) in [4.78, 5) is 26.4. The number of aliphatic carboxylic acids is 1. The van der Waals surface area contributed by atoms with E-state index in [0.29, 0.717) is 45.8 Å². The number of carbonyl (C=O) groups is 2. The highest BCUT2D eigenvalue weighted by Crippen LogP contribution is 2.11. The molecule has 0 saturated carbocycles. The van der Waals surface area contributed by atoms with Crippen LogP contribution in [0.1, 0.15) is 12.0 Å². The molecule has 1 unspecified atom stereocenters. The Labute approximate surface area is 160 Å². The van der Waals surface area contributed by atoms with E-state index in [0.717, 1.165) is 5.75 Å². The van der Waals surface area contributed by atoms with Gasteiger partial charge in [-0.15, -0.1) is 0 Å². The number of nitrogens with one attached hydrogen (secondary N) is 1. The molecule has 0 spiro atoms. The van der Waals surface area contributed by atoms with Gasteiger partial charge in [0.15, 0.2) is 0 Å². The SMILES string of the molecule is Cc1ccc(OCCCNC(=O)N2CCOC(CN(C)CC(=O)O)C2)cc1. The smallest absolute Gasteiger partial charge is 0.317 e. The van der Waals surface area contributed by atoms with Crippen LogP contribution in [0.25, 0.3) is 0 Å². The van der Waals surface area contributed by atoms with E-state index < -0.39 is 5.97 Å². The van der Waals surface area contributed by atoms with E-state index in [4.69, 9.17) is 14.6 Å². The van der Waals surface area contributed by atoms with Gasteiger partial charge in [0.05, 0.1) is 25.9 Å². The van der Waals surface area contributed by atoms with Crippen molar-refractivity contribution in [2.75, 3.05) is 53.0 Å². The second-order valence-electron chi connectivity index (χ2n) is 6.78. The summed E-state index contributed by atoms with van der Waals surface area (Å²) in [5.41, 5.74) is 1.19. The summed E-state index contributed by atoms with van der Waals surface area (Å²) < 4.78 is 11.3. The minimum Gasteiger partial charge on any atom is -0.494 e. The van der Waals surface area contributed by atoms with E-state index in [2.05, 4.69) is 5.32 Å². The number of amides is 2. The molecule has 1 aromatic carbocycles. The number of hydrogen-bond donors (Lipinski definition) is 2. The first-order chi connectivity index (χ1) is 12.9. The van der Waals surface area contributed by atoms with Gasteiger partial charge in [-0.1, -0.05) is 17.7 Å². The van der Waals surface area contributed by atoms with Crippen LogP contribution < -0.4 is 10.1 Å². The zero-order valence-corrected chi connectivity index (χ0v) is 16.0. The van der Waals surface area contributed by atoms with Gasteiger partial charge in [-0.3, -0.25) is 9.69 Å². The van der Waals surface area contributed by atoms with Gasteiger partial charge in [-0.25, -0.2) is 4.79 Å². The number of benzene rings is 1. The Bertz CT molecular complexity index is 608. The Morgan fingerprint density at radius 3 is 2.81 bits per heavy atom. The molecule has 2 amide bonds. The molecule has 8 heteroatoms. The Balaban J connectivity index is 1.63. The normalized spacial score (nSPS) is 17.0. The Kier molecular flexibility index (Phi) is 8.35. The molecule has 27 heavy (non-hydrogen) atoms. The molecule has 1 aliphatic rings. The summed E-state index contributed by atoms with van der Waals surface area (Å²) in [6.45, 7) is 4.96. The van der Waals surface area contributed by atoms with Gasteiger partial charge >= 0.3 is 12.0 Å². The number of carboxylic acid groups (broad SMARTS) is 1. The lowest BCUT2D eigenvalue weighted by atomic mass is 10.2. The van der Waals surface area contributed by atoms with Crippen molar-refractivity contribution in [1.82, 2.24) is 15.1 Å². The van der Waals surface area contributed by atoms with Crippen molar-refractivity contribution in [1.29, 1.82) is 0 Å². The fourth-order valence-electron chi connectivity index (χ4n) is 2.86. The summed E-state index contributed by atoms with van der Waals surface area (Å²) >= 11 is 0. The maximum absolute atomic E-state index is 12.3. The van der Waals surface area contributed by atoms with Crippen LogP contribution in [0.3, 0.4) is 0 Å². The Morgan fingerprint density at radius 1 is 1.37 bits per heavy atom. The molecule has 2 rings (SSSR count). The molecule has 1 aliphatic heterocycles. The fourth-order valence-corrected chi connectivity index (χ4v) is 2.86. The van der Waals surface area contributed by atoms with E-state index in [-0.39, 0.29) is 18.7 Å². The number of aryl methyl sites for hydroxylation is 1. The number of rotatable bonds is 9. The highest BCUT2D eigenvalue weighted by atomic mass is 16.5. The third-order valence-electron chi connectivity index (χ3n) is 4.23. The minimum absolute atomic E-state index is 0.0486. The second kappa shape index (κ2) is 10.7. The van der Waals surface area contributed by atoms with Crippen LogP contribution in [0.5, 0.6) is 5.75 Å². The number of carbonyl (C=O) groups excluding carboxylic acids is 1. The molecule has 8 nitrogen and oxygen atoms in total. The van der Waals surface area contributed by atoms with Crippen molar-refractivity contribution >= 4 is 12.0 Å². The molecule has 0 bridgehead atoms. The number of ether oxygens (including phenoxy) is 2. The van der Waals surface area contributed by atoms with Crippen LogP contribution in [0.2, 0.25) is 0 Å². The van der Waals surface area contributed by atoms with Gasteiger partial charge in [0, 0.05) is 26.2 Å². The first-order valence-corrected chi connectivity index (χ1v) is 9.18. The van der Waals surface area contributed by atoms with E-state index in [1.165, 1.54) is 5.56 Å². The molecule has 2 N–H and O–H groups in total. The van der Waals surface area contributed by atoms with Gasteiger partial charge in [0.25, 0.3) is 0 Å². The summed E-state index contributed by atoms with van der Waals surface area (Å²) in [6.07, 6.45) is 0.535. The Morgan fingerprint density at radius 2 is 2.11 bits per heavy atom. The van der Waals surface area contributed by atoms with Crippen LogP contribution in [0, 0.1) is 6.92 Å². The monoisotopic (exact) mass is 379 g/mol. The van der Waals surface area contributed by atoms with Crippen LogP contribution in [0.4, 0.5) is 4.79 Å². The first kappa shape index (κ1) is 21.0. The van der Waals surface area contributed by atoms with E-state index >= 15 is 0 Å². The predicted octanol–water partition coefficient (Wildman–Crippen LogP) is 1.19. The zero-order chi connectivity index (χ0) is 19.6. The second-order valence-corrected chi connectivity index (χ2v) is 6.78. The van der Waals surface area contributed by atoms with Crippen LogP contribution in [0.15, 0.2) is 24.3 Å². The number of likely N-dealkylation sites (N-methyl/N-ethyl adjacent to an activating group) is 1. The Hall–Kier alpha value is -2.32.